The first kappa shape index (κ1) is 21.3. The van der Waals surface area contributed by atoms with Crippen LogP contribution in [0.4, 0.5) is 20.2 Å². The second-order valence-corrected chi connectivity index (χ2v) is 8.63. The Kier molecular flexibility index (Phi) is 5.42. The molecule has 2 aromatic carbocycles. The van der Waals surface area contributed by atoms with E-state index in [2.05, 4.69) is 14.9 Å². The number of piperidine rings is 1. The highest BCUT2D eigenvalue weighted by Gasteiger charge is 2.23. The number of pyridine rings is 2. The lowest BCUT2D eigenvalue weighted by Crippen LogP contribution is -2.40. The predicted octanol–water partition coefficient (Wildman–Crippen LogP) is 5.06. The van der Waals surface area contributed by atoms with E-state index in [1.54, 1.807) is 12.4 Å². The van der Waals surface area contributed by atoms with Crippen LogP contribution in [0.3, 0.4) is 0 Å². The molecule has 7 heteroatoms. The fourth-order valence-corrected chi connectivity index (χ4v) is 4.51. The Morgan fingerprint density at radius 2 is 1.67 bits per heavy atom. The first-order chi connectivity index (χ1) is 15.9. The maximum Gasteiger partial charge on any atom is 0.126 e. The SMILES string of the molecule is Cc1ccnc(-c2ccc3ncc(-c4cc(F)cc(F)c4)c(N4CCC(N)CC4)c3c2)c1N. The minimum atomic E-state index is -0.623. The van der Waals surface area contributed by atoms with Gasteiger partial charge in [-0.05, 0) is 61.2 Å². The van der Waals surface area contributed by atoms with Crippen molar-refractivity contribution in [1.29, 1.82) is 0 Å². The van der Waals surface area contributed by atoms with Crippen molar-refractivity contribution >= 4 is 22.3 Å². The topological polar surface area (TPSA) is 81.1 Å². The fraction of sp³-hybridized carbons (Fsp3) is 0.231. The summed E-state index contributed by atoms with van der Waals surface area (Å²) in [6, 6.07) is 11.5. The molecule has 0 spiro atoms. The van der Waals surface area contributed by atoms with Crippen molar-refractivity contribution in [2.45, 2.75) is 25.8 Å². The second kappa shape index (κ2) is 8.41. The molecule has 0 unspecified atom stereocenters. The van der Waals surface area contributed by atoms with Gasteiger partial charge in [0.25, 0.3) is 0 Å². The average Bonchev–Trinajstić information content (AvgIpc) is 2.80. The average molecular weight is 446 g/mol. The lowest BCUT2D eigenvalue weighted by Gasteiger charge is -2.34. The first-order valence-corrected chi connectivity index (χ1v) is 11.0. The summed E-state index contributed by atoms with van der Waals surface area (Å²) in [5, 5.41) is 0.882. The molecule has 5 rings (SSSR count). The summed E-state index contributed by atoms with van der Waals surface area (Å²) in [5.41, 5.74) is 18.4. The molecule has 4 N–H and O–H groups in total. The number of rotatable bonds is 3. The number of aryl methyl sites for hydroxylation is 1. The normalized spacial score (nSPS) is 14.7. The molecule has 1 saturated heterocycles. The maximum absolute atomic E-state index is 14.1. The monoisotopic (exact) mass is 445 g/mol. The van der Waals surface area contributed by atoms with Crippen molar-refractivity contribution in [2.75, 3.05) is 23.7 Å². The number of benzene rings is 2. The predicted molar refractivity (Wildman–Crippen MR) is 129 cm³/mol. The molecule has 0 saturated carbocycles. The van der Waals surface area contributed by atoms with Crippen molar-refractivity contribution < 1.29 is 8.78 Å². The zero-order valence-corrected chi connectivity index (χ0v) is 18.4. The highest BCUT2D eigenvalue weighted by molar-refractivity contribution is 6.02. The molecule has 168 valence electrons. The van der Waals surface area contributed by atoms with E-state index in [1.807, 2.05) is 31.2 Å². The van der Waals surface area contributed by atoms with E-state index < -0.39 is 11.6 Å². The van der Waals surface area contributed by atoms with E-state index in [9.17, 15) is 8.78 Å². The van der Waals surface area contributed by atoms with Gasteiger partial charge in [0.2, 0.25) is 0 Å². The molecule has 0 amide bonds. The second-order valence-electron chi connectivity index (χ2n) is 8.63. The largest absolute Gasteiger partial charge is 0.397 e. The number of hydrogen-bond acceptors (Lipinski definition) is 5. The summed E-state index contributed by atoms with van der Waals surface area (Å²) >= 11 is 0. The van der Waals surface area contributed by atoms with Crippen LogP contribution < -0.4 is 16.4 Å². The number of nitrogens with zero attached hydrogens (tertiary/aromatic N) is 3. The van der Waals surface area contributed by atoms with Crippen molar-refractivity contribution in [3.05, 3.63) is 72.1 Å². The molecular formula is C26H25F2N5. The third kappa shape index (κ3) is 4.00. The van der Waals surface area contributed by atoms with Crippen molar-refractivity contribution in [2.24, 2.45) is 5.73 Å². The number of nitrogen functional groups attached to an aromatic ring is 1. The molecule has 5 nitrogen and oxygen atoms in total. The first-order valence-electron chi connectivity index (χ1n) is 11.0. The standard InChI is InChI=1S/C26H25F2N5/c1-15-4-7-31-25(24(15)30)16-2-3-23-21(12-16)26(33-8-5-20(29)6-9-33)22(14-32-23)17-10-18(27)13-19(28)11-17/h2-4,7,10-14,20H,5-6,8-9,29-30H2,1H3. The van der Waals surface area contributed by atoms with Gasteiger partial charge in [0.05, 0.1) is 22.6 Å². The number of anilines is 2. The minimum absolute atomic E-state index is 0.149. The van der Waals surface area contributed by atoms with Gasteiger partial charge in [-0.3, -0.25) is 9.97 Å². The van der Waals surface area contributed by atoms with Crippen LogP contribution >= 0.6 is 0 Å². The molecule has 0 radical (unpaired) electrons. The number of halogens is 2. The fourth-order valence-electron chi connectivity index (χ4n) is 4.51. The quantitative estimate of drug-likeness (QED) is 0.461. The molecule has 4 aromatic rings. The van der Waals surface area contributed by atoms with Crippen LogP contribution in [0.1, 0.15) is 18.4 Å². The molecule has 0 bridgehead atoms. The van der Waals surface area contributed by atoms with Gasteiger partial charge in [-0.1, -0.05) is 6.07 Å². The van der Waals surface area contributed by atoms with Gasteiger partial charge < -0.3 is 16.4 Å². The molecule has 1 aliphatic rings. The Hall–Kier alpha value is -3.58. The summed E-state index contributed by atoms with van der Waals surface area (Å²) in [7, 11) is 0. The van der Waals surface area contributed by atoms with Crippen molar-refractivity contribution in [3.8, 4) is 22.4 Å². The van der Waals surface area contributed by atoms with Crippen molar-refractivity contribution in [3.63, 3.8) is 0 Å². The van der Waals surface area contributed by atoms with Gasteiger partial charge >= 0.3 is 0 Å². The molecule has 1 fully saturated rings. The summed E-state index contributed by atoms with van der Waals surface area (Å²) in [5.74, 6) is -1.25. The van der Waals surface area contributed by atoms with Crippen molar-refractivity contribution in [1.82, 2.24) is 9.97 Å². The minimum Gasteiger partial charge on any atom is -0.397 e. The number of hydrogen-bond donors (Lipinski definition) is 2. The van der Waals surface area contributed by atoms with Crippen LogP contribution in [0.2, 0.25) is 0 Å². The van der Waals surface area contributed by atoms with Crippen LogP contribution in [-0.2, 0) is 0 Å². The molecule has 33 heavy (non-hydrogen) atoms. The van der Waals surface area contributed by atoms with E-state index in [-0.39, 0.29) is 6.04 Å². The van der Waals surface area contributed by atoms with E-state index in [0.717, 1.165) is 59.7 Å². The zero-order valence-electron chi connectivity index (χ0n) is 18.4. The van der Waals surface area contributed by atoms with Crippen LogP contribution in [0.5, 0.6) is 0 Å². The lowest BCUT2D eigenvalue weighted by molar-refractivity contribution is 0.502. The Balaban J connectivity index is 1.76. The zero-order chi connectivity index (χ0) is 23.1. The summed E-state index contributed by atoms with van der Waals surface area (Å²) in [4.78, 5) is 11.3. The number of aromatic nitrogens is 2. The van der Waals surface area contributed by atoms with Gasteiger partial charge in [-0.25, -0.2) is 8.78 Å². The Labute approximate surface area is 191 Å². The molecule has 0 aliphatic carbocycles. The van der Waals surface area contributed by atoms with Gasteiger partial charge in [0.15, 0.2) is 0 Å². The van der Waals surface area contributed by atoms with Gasteiger partial charge in [0, 0.05) is 54.1 Å². The highest BCUT2D eigenvalue weighted by Crippen LogP contribution is 2.40. The molecule has 1 aliphatic heterocycles. The molecule has 3 heterocycles. The van der Waals surface area contributed by atoms with E-state index in [0.29, 0.717) is 22.5 Å². The maximum atomic E-state index is 14.1. The Bertz CT molecular complexity index is 1330. The van der Waals surface area contributed by atoms with Crippen LogP contribution in [-0.4, -0.2) is 29.1 Å². The van der Waals surface area contributed by atoms with Crippen LogP contribution in [0.25, 0.3) is 33.3 Å². The van der Waals surface area contributed by atoms with E-state index >= 15 is 0 Å². The Morgan fingerprint density at radius 1 is 0.939 bits per heavy atom. The van der Waals surface area contributed by atoms with E-state index in [4.69, 9.17) is 11.5 Å². The molecule has 2 aromatic heterocycles. The van der Waals surface area contributed by atoms with Gasteiger partial charge in [0.1, 0.15) is 11.6 Å². The Morgan fingerprint density at radius 3 is 2.39 bits per heavy atom. The summed E-state index contributed by atoms with van der Waals surface area (Å²) in [6.45, 7) is 3.45. The highest BCUT2D eigenvalue weighted by atomic mass is 19.1. The molecule has 0 atom stereocenters. The van der Waals surface area contributed by atoms with Gasteiger partial charge in [-0.15, -0.1) is 0 Å². The third-order valence-electron chi connectivity index (χ3n) is 6.35. The summed E-state index contributed by atoms with van der Waals surface area (Å²) < 4.78 is 28.2. The molecular weight excluding hydrogens is 420 g/mol. The smallest absolute Gasteiger partial charge is 0.126 e. The number of fused-ring (bicyclic) bond motifs is 1. The van der Waals surface area contributed by atoms with Gasteiger partial charge in [-0.2, -0.15) is 0 Å². The van der Waals surface area contributed by atoms with Crippen LogP contribution in [0.15, 0.2) is 54.9 Å². The lowest BCUT2D eigenvalue weighted by atomic mass is 9.96. The summed E-state index contributed by atoms with van der Waals surface area (Å²) in [6.07, 6.45) is 5.11. The van der Waals surface area contributed by atoms with Crippen LogP contribution in [0, 0.1) is 18.6 Å². The number of nitrogens with two attached hydrogens (primary N) is 2. The van der Waals surface area contributed by atoms with E-state index in [1.165, 1.54) is 12.1 Å². The third-order valence-corrected chi connectivity index (χ3v) is 6.35.